The van der Waals surface area contributed by atoms with Crippen LogP contribution in [0.25, 0.3) is 11.1 Å². The number of amides is 1. The fraction of sp³-hybridized carbons (Fsp3) is 0.316. The van der Waals surface area contributed by atoms with Gasteiger partial charge in [-0.05, 0) is 36.6 Å². The molecule has 0 unspecified atom stereocenters. The number of H-pyrrole nitrogens is 1. The first-order valence-electron chi connectivity index (χ1n) is 8.72. The Morgan fingerprint density at radius 3 is 2.73 bits per heavy atom. The SMILES string of the molecule is NC/C=C/C(=O)N1CCC(Nc2cc(-c3ccncc3)c[nH]c2=O)CC1. The molecule has 1 amide bonds. The fourth-order valence-corrected chi connectivity index (χ4v) is 3.04. The van der Waals surface area contributed by atoms with Gasteiger partial charge in [0.25, 0.3) is 5.56 Å². The van der Waals surface area contributed by atoms with Crippen molar-refractivity contribution in [2.75, 3.05) is 25.0 Å². The predicted octanol–water partition coefficient (Wildman–Crippen LogP) is 1.35. The summed E-state index contributed by atoms with van der Waals surface area (Å²) in [5, 5.41) is 3.33. The van der Waals surface area contributed by atoms with Crippen LogP contribution in [0.4, 0.5) is 5.69 Å². The normalized spacial score (nSPS) is 15.3. The lowest BCUT2D eigenvalue weighted by molar-refractivity contribution is -0.126. The smallest absolute Gasteiger partial charge is 0.271 e. The molecule has 136 valence electrons. The van der Waals surface area contributed by atoms with Crippen LogP contribution in [-0.2, 0) is 4.79 Å². The van der Waals surface area contributed by atoms with Gasteiger partial charge in [0.2, 0.25) is 5.91 Å². The first kappa shape index (κ1) is 17.9. The minimum absolute atomic E-state index is 0.00793. The van der Waals surface area contributed by atoms with Gasteiger partial charge in [-0.15, -0.1) is 0 Å². The molecular formula is C19H23N5O2. The van der Waals surface area contributed by atoms with Crippen molar-refractivity contribution < 1.29 is 4.79 Å². The molecule has 7 heteroatoms. The summed E-state index contributed by atoms with van der Waals surface area (Å²) in [7, 11) is 0. The second kappa shape index (κ2) is 8.44. The summed E-state index contributed by atoms with van der Waals surface area (Å²) >= 11 is 0. The lowest BCUT2D eigenvalue weighted by Crippen LogP contribution is -2.42. The van der Waals surface area contributed by atoms with Gasteiger partial charge in [0.05, 0.1) is 0 Å². The molecule has 0 atom stereocenters. The molecule has 0 aliphatic carbocycles. The summed E-state index contributed by atoms with van der Waals surface area (Å²) in [5.74, 6) is -0.00793. The molecule has 26 heavy (non-hydrogen) atoms. The van der Waals surface area contributed by atoms with Crippen LogP contribution >= 0.6 is 0 Å². The molecule has 1 aliphatic rings. The molecule has 3 rings (SSSR count). The van der Waals surface area contributed by atoms with Gasteiger partial charge in [0, 0.05) is 55.9 Å². The lowest BCUT2D eigenvalue weighted by atomic mass is 10.0. The Balaban J connectivity index is 1.64. The van der Waals surface area contributed by atoms with Crippen molar-refractivity contribution in [2.45, 2.75) is 18.9 Å². The zero-order valence-electron chi connectivity index (χ0n) is 14.5. The molecule has 1 aliphatic heterocycles. The number of nitrogens with two attached hydrogens (primary N) is 1. The number of piperidine rings is 1. The summed E-state index contributed by atoms with van der Waals surface area (Å²) in [4.78, 5) is 32.7. The first-order valence-corrected chi connectivity index (χ1v) is 8.72. The van der Waals surface area contributed by atoms with Crippen LogP contribution in [0, 0.1) is 0 Å². The summed E-state index contributed by atoms with van der Waals surface area (Å²) in [6.45, 7) is 1.68. The average molecular weight is 353 g/mol. The Morgan fingerprint density at radius 2 is 2.04 bits per heavy atom. The number of pyridine rings is 2. The van der Waals surface area contributed by atoms with Crippen molar-refractivity contribution in [3.63, 3.8) is 0 Å². The van der Waals surface area contributed by atoms with Gasteiger partial charge in [-0.25, -0.2) is 0 Å². The number of nitrogens with one attached hydrogen (secondary N) is 2. The molecule has 0 saturated carbocycles. The Kier molecular flexibility index (Phi) is 5.80. The van der Waals surface area contributed by atoms with Crippen LogP contribution in [0.5, 0.6) is 0 Å². The quantitative estimate of drug-likeness (QED) is 0.704. The van der Waals surface area contributed by atoms with E-state index in [0.29, 0.717) is 25.3 Å². The van der Waals surface area contributed by atoms with E-state index in [1.165, 1.54) is 6.08 Å². The molecule has 4 N–H and O–H groups in total. The summed E-state index contributed by atoms with van der Waals surface area (Å²) < 4.78 is 0. The Bertz CT molecular complexity index is 823. The van der Waals surface area contributed by atoms with Gasteiger partial charge in [-0.1, -0.05) is 6.08 Å². The van der Waals surface area contributed by atoms with Crippen molar-refractivity contribution in [2.24, 2.45) is 5.73 Å². The van der Waals surface area contributed by atoms with E-state index in [-0.39, 0.29) is 17.5 Å². The molecule has 2 aromatic rings. The molecule has 3 heterocycles. The van der Waals surface area contributed by atoms with Gasteiger partial charge in [0.1, 0.15) is 5.69 Å². The van der Waals surface area contributed by atoms with E-state index in [1.807, 2.05) is 23.1 Å². The van der Waals surface area contributed by atoms with E-state index in [4.69, 9.17) is 5.73 Å². The highest BCUT2D eigenvalue weighted by Gasteiger charge is 2.22. The first-order chi connectivity index (χ1) is 12.7. The zero-order chi connectivity index (χ0) is 18.4. The molecule has 7 nitrogen and oxygen atoms in total. The van der Waals surface area contributed by atoms with Crippen LogP contribution in [0.1, 0.15) is 12.8 Å². The van der Waals surface area contributed by atoms with Crippen molar-refractivity contribution >= 4 is 11.6 Å². The minimum Gasteiger partial charge on any atom is -0.378 e. The summed E-state index contributed by atoms with van der Waals surface area (Å²) in [6, 6.07) is 5.81. The lowest BCUT2D eigenvalue weighted by Gasteiger charge is -2.32. The van der Waals surface area contributed by atoms with Crippen LogP contribution in [-0.4, -0.2) is 46.5 Å². The molecule has 0 radical (unpaired) electrons. The third-order valence-electron chi connectivity index (χ3n) is 4.48. The maximum atomic E-state index is 12.2. The van der Waals surface area contributed by atoms with Crippen LogP contribution in [0.3, 0.4) is 0 Å². The molecule has 0 bridgehead atoms. The number of likely N-dealkylation sites (tertiary alicyclic amines) is 1. The van der Waals surface area contributed by atoms with E-state index < -0.39 is 0 Å². The van der Waals surface area contributed by atoms with Crippen molar-refractivity contribution in [3.8, 4) is 11.1 Å². The number of rotatable bonds is 5. The third kappa shape index (κ3) is 4.37. The number of aromatic amines is 1. The highest BCUT2D eigenvalue weighted by molar-refractivity contribution is 5.87. The van der Waals surface area contributed by atoms with Gasteiger partial charge in [0.15, 0.2) is 0 Å². The van der Waals surface area contributed by atoms with Crippen molar-refractivity contribution in [1.29, 1.82) is 0 Å². The minimum atomic E-state index is -0.146. The molecular weight excluding hydrogens is 330 g/mol. The standard InChI is InChI=1S/C19H23N5O2/c20-7-1-2-18(25)24-10-5-16(6-11-24)23-17-12-15(13-22-19(17)26)14-3-8-21-9-4-14/h1-4,8-9,12-13,16,23H,5-7,10-11,20H2,(H,22,26)/b2-1+. The van der Waals surface area contributed by atoms with Crippen LogP contribution in [0.15, 0.2) is 53.7 Å². The van der Waals surface area contributed by atoms with Gasteiger partial charge in [-0.2, -0.15) is 0 Å². The summed E-state index contributed by atoms with van der Waals surface area (Å²) in [6.07, 6.45) is 9.92. The maximum Gasteiger partial charge on any atom is 0.271 e. The van der Waals surface area contributed by atoms with Crippen LogP contribution in [0.2, 0.25) is 0 Å². The largest absolute Gasteiger partial charge is 0.378 e. The zero-order valence-corrected chi connectivity index (χ0v) is 14.5. The van der Waals surface area contributed by atoms with E-state index in [2.05, 4.69) is 15.3 Å². The Hall–Kier alpha value is -2.93. The number of carbonyl (C=O) groups excluding carboxylic acids is 1. The Morgan fingerprint density at radius 1 is 1.31 bits per heavy atom. The topological polar surface area (TPSA) is 104 Å². The summed E-state index contributed by atoms with van der Waals surface area (Å²) in [5.41, 5.74) is 7.70. The van der Waals surface area contributed by atoms with Crippen LogP contribution < -0.4 is 16.6 Å². The molecule has 0 aromatic carbocycles. The second-order valence-corrected chi connectivity index (χ2v) is 6.25. The molecule has 1 saturated heterocycles. The maximum absolute atomic E-state index is 12.2. The monoisotopic (exact) mass is 353 g/mol. The third-order valence-corrected chi connectivity index (χ3v) is 4.48. The van der Waals surface area contributed by atoms with E-state index >= 15 is 0 Å². The van der Waals surface area contributed by atoms with Crippen molar-refractivity contribution in [1.82, 2.24) is 14.9 Å². The fourth-order valence-electron chi connectivity index (χ4n) is 3.04. The molecule has 2 aromatic heterocycles. The van der Waals surface area contributed by atoms with Gasteiger partial charge in [-0.3, -0.25) is 14.6 Å². The molecule has 0 spiro atoms. The molecule has 1 fully saturated rings. The van der Waals surface area contributed by atoms with E-state index in [9.17, 15) is 9.59 Å². The highest BCUT2D eigenvalue weighted by Crippen LogP contribution is 2.20. The second-order valence-electron chi connectivity index (χ2n) is 6.25. The highest BCUT2D eigenvalue weighted by atomic mass is 16.2. The van der Waals surface area contributed by atoms with E-state index in [1.54, 1.807) is 24.7 Å². The Labute approximate surface area is 151 Å². The van der Waals surface area contributed by atoms with E-state index in [0.717, 1.165) is 24.0 Å². The predicted molar refractivity (Wildman–Crippen MR) is 102 cm³/mol. The van der Waals surface area contributed by atoms with Gasteiger partial charge < -0.3 is 20.9 Å². The number of aromatic nitrogens is 2. The number of hydrogen-bond donors (Lipinski definition) is 3. The number of nitrogens with zero attached hydrogens (tertiary/aromatic N) is 2. The van der Waals surface area contributed by atoms with Crippen molar-refractivity contribution in [3.05, 3.63) is 59.3 Å². The average Bonchev–Trinajstić information content (AvgIpc) is 2.69. The number of anilines is 1. The number of hydrogen-bond acceptors (Lipinski definition) is 5. The van der Waals surface area contributed by atoms with Gasteiger partial charge >= 0.3 is 0 Å². The number of carbonyl (C=O) groups is 1.